The summed E-state index contributed by atoms with van der Waals surface area (Å²) in [4.78, 5) is 2.51. The minimum Gasteiger partial charge on any atom is -0.310 e. The summed E-state index contributed by atoms with van der Waals surface area (Å²) < 4.78 is 2.40. The van der Waals surface area contributed by atoms with Gasteiger partial charge in [-0.15, -0.1) is 0 Å². The third-order valence-electron chi connectivity index (χ3n) is 16.6. The fraction of sp³-hybridized carbons (Fsp3) is 0.169. The standard InChI is InChI=1S/C65H54N2/c1-64-36-37-65(43-54(64)32-33-55(64)44-65)53-19-13-21-58(42-53)66(59-40-51(45-14-4-2-5-15-45)38-52(41-59)46-16-6-3-7-17-46)56-34-30-48(31-35-56)47-26-28-49(29-27-47)50-18-12-20-57(39-50)67-62-24-10-8-22-60(62)61-23-9-11-25-63(61)67/h2-31,34-35,38-42,54-55H,32-33,36-37,43-44H2,1H3/t54-,55-,64?,65?/m0/s1. The first kappa shape index (κ1) is 39.9. The van der Waals surface area contributed by atoms with Crippen LogP contribution in [0.15, 0.2) is 224 Å². The SMILES string of the molecule is CC12CCC3(c4cccc(N(c5ccc(-c6ccc(-c7cccc(-n8c9ccccc9c9ccccc98)c7)cc6)cc5)c5cc(-c6ccccc6)cc(-c6ccccc6)c5)c4)C[C@@H]1CC[C@H]2C3. The summed E-state index contributed by atoms with van der Waals surface area (Å²) in [6, 6.07) is 83.3. The highest BCUT2D eigenvalue weighted by molar-refractivity contribution is 6.09. The summed E-state index contributed by atoms with van der Waals surface area (Å²) in [6.07, 6.45) is 8.18. The molecule has 2 heteroatoms. The normalized spacial score (nSPS) is 20.7. The van der Waals surface area contributed by atoms with Crippen LogP contribution in [0.5, 0.6) is 0 Å². The van der Waals surface area contributed by atoms with Crippen LogP contribution in [-0.4, -0.2) is 4.57 Å². The van der Waals surface area contributed by atoms with Crippen molar-refractivity contribution >= 4 is 38.9 Å². The molecule has 0 spiro atoms. The number of hydrogen-bond donors (Lipinski definition) is 0. The minimum absolute atomic E-state index is 0.273. The smallest absolute Gasteiger partial charge is 0.0541 e. The first-order valence-corrected chi connectivity index (χ1v) is 24.5. The number of rotatable bonds is 9. The predicted octanol–water partition coefficient (Wildman–Crippen LogP) is 17.8. The van der Waals surface area contributed by atoms with Crippen LogP contribution in [0.1, 0.15) is 51.0 Å². The molecule has 0 radical (unpaired) electrons. The zero-order valence-electron chi connectivity index (χ0n) is 38.2. The highest BCUT2D eigenvalue weighted by Gasteiger charge is 2.60. The van der Waals surface area contributed by atoms with Crippen molar-refractivity contribution < 1.29 is 0 Å². The summed E-state index contributed by atoms with van der Waals surface area (Å²) in [5.41, 5.74) is 19.2. The van der Waals surface area contributed by atoms with Gasteiger partial charge in [0.05, 0.1) is 11.0 Å². The fourth-order valence-corrected chi connectivity index (χ4v) is 13.0. The average molecular weight is 863 g/mol. The van der Waals surface area contributed by atoms with Gasteiger partial charge in [0.15, 0.2) is 0 Å². The number of anilines is 3. The summed E-state index contributed by atoms with van der Waals surface area (Å²) in [7, 11) is 0. The van der Waals surface area contributed by atoms with Crippen LogP contribution in [0.2, 0.25) is 0 Å². The molecule has 10 aromatic rings. The van der Waals surface area contributed by atoms with Crippen molar-refractivity contribution in [1.82, 2.24) is 4.57 Å². The van der Waals surface area contributed by atoms with Crippen molar-refractivity contribution in [3.63, 3.8) is 0 Å². The third kappa shape index (κ3) is 6.76. The van der Waals surface area contributed by atoms with E-state index in [1.54, 1.807) is 0 Å². The monoisotopic (exact) mass is 862 g/mol. The van der Waals surface area contributed by atoms with Crippen molar-refractivity contribution in [3.8, 4) is 50.2 Å². The molecule has 0 saturated heterocycles. The number of benzene rings is 9. The number of para-hydroxylation sites is 2. The Hall–Kier alpha value is -7.42. The quantitative estimate of drug-likeness (QED) is 0.140. The van der Waals surface area contributed by atoms with E-state index in [9.17, 15) is 0 Å². The number of aromatic nitrogens is 1. The molecular weight excluding hydrogens is 809 g/mol. The van der Waals surface area contributed by atoms with E-state index in [0.29, 0.717) is 5.41 Å². The van der Waals surface area contributed by atoms with E-state index < -0.39 is 0 Å². The molecule has 324 valence electrons. The van der Waals surface area contributed by atoms with Crippen molar-refractivity contribution in [2.75, 3.05) is 4.90 Å². The van der Waals surface area contributed by atoms with E-state index in [0.717, 1.165) is 23.2 Å². The van der Waals surface area contributed by atoms with Crippen molar-refractivity contribution in [2.45, 2.75) is 50.9 Å². The van der Waals surface area contributed by atoms with Crippen molar-refractivity contribution in [2.24, 2.45) is 17.3 Å². The van der Waals surface area contributed by atoms with Crippen LogP contribution in [0, 0.1) is 17.3 Å². The molecule has 4 aliphatic carbocycles. The number of nitrogens with zero attached hydrogens (tertiary/aromatic N) is 2. The summed E-state index contributed by atoms with van der Waals surface area (Å²) in [5.74, 6) is 1.71. The van der Waals surface area contributed by atoms with Crippen LogP contribution in [0.25, 0.3) is 72.0 Å². The van der Waals surface area contributed by atoms with E-state index in [1.165, 1.54) is 122 Å². The molecule has 67 heavy (non-hydrogen) atoms. The molecule has 0 aliphatic heterocycles. The molecule has 4 saturated carbocycles. The molecule has 0 N–H and O–H groups in total. The van der Waals surface area contributed by atoms with E-state index in [-0.39, 0.29) is 5.41 Å². The van der Waals surface area contributed by atoms with Gasteiger partial charge in [0, 0.05) is 33.5 Å². The third-order valence-corrected chi connectivity index (χ3v) is 16.6. The molecule has 2 nitrogen and oxygen atoms in total. The lowest BCUT2D eigenvalue weighted by Gasteiger charge is -2.57. The molecule has 2 atom stereocenters. The summed E-state index contributed by atoms with van der Waals surface area (Å²) in [5, 5.41) is 2.56. The maximum Gasteiger partial charge on any atom is 0.0541 e. The van der Waals surface area contributed by atoms with Gasteiger partial charge in [-0.25, -0.2) is 0 Å². The van der Waals surface area contributed by atoms with Gasteiger partial charge in [0.25, 0.3) is 0 Å². The Bertz CT molecular complexity index is 3310. The maximum atomic E-state index is 2.62. The maximum absolute atomic E-state index is 2.62. The molecule has 4 bridgehead atoms. The van der Waals surface area contributed by atoms with Gasteiger partial charge >= 0.3 is 0 Å². The number of fused-ring (bicyclic) bond motifs is 4. The Morgan fingerprint density at radius 3 is 1.51 bits per heavy atom. The molecule has 4 aliphatic rings. The van der Waals surface area contributed by atoms with Crippen LogP contribution < -0.4 is 4.90 Å². The number of hydrogen-bond acceptors (Lipinski definition) is 1. The highest BCUT2D eigenvalue weighted by Crippen LogP contribution is 2.68. The summed E-state index contributed by atoms with van der Waals surface area (Å²) >= 11 is 0. The lowest BCUT2D eigenvalue weighted by atomic mass is 9.47. The van der Waals surface area contributed by atoms with Gasteiger partial charge in [0.2, 0.25) is 0 Å². The second-order valence-electron chi connectivity index (χ2n) is 20.1. The molecular formula is C65H54N2. The van der Waals surface area contributed by atoms with Gasteiger partial charge < -0.3 is 9.47 Å². The first-order chi connectivity index (χ1) is 33.0. The second-order valence-corrected chi connectivity index (χ2v) is 20.1. The largest absolute Gasteiger partial charge is 0.310 e. The molecule has 14 rings (SSSR count). The van der Waals surface area contributed by atoms with Crippen molar-refractivity contribution in [1.29, 1.82) is 0 Å². The first-order valence-electron chi connectivity index (χ1n) is 24.5. The average Bonchev–Trinajstić information content (AvgIpc) is 3.83. The van der Waals surface area contributed by atoms with Crippen molar-refractivity contribution in [3.05, 3.63) is 230 Å². The predicted molar refractivity (Wildman–Crippen MR) is 282 cm³/mol. The van der Waals surface area contributed by atoms with E-state index in [1.807, 2.05) is 0 Å². The van der Waals surface area contributed by atoms with Crippen LogP contribution in [0.3, 0.4) is 0 Å². The Kier molecular flexibility index (Phi) is 9.46. The molecule has 4 fully saturated rings. The Morgan fingerprint density at radius 2 is 0.896 bits per heavy atom. The molecule has 1 aromatic heterocycles. The Balaban J connectivity index is 0.873. The van der Waals surface area contributed by atoms with Gasteiger partial charge in [0.1, 0.15) is 0 Å². The molecule has 0 unspecified atom stereocenters. The second kappa shape index (κ2) is 15.9. The zero-order chi connectivity index (χ0) is 44.5. The lowest BCUT2D eigenvalue weighted by Crippen LogP contribution is -2.50. The molecule has 1 heterocycles. The van der Waals surface area contributed by atoms with Crippen LogP contribution in [0.4, 0.5) is 17.1 Å². The molecule has 0 amide bonds. The van der Waals surface area contributed by atoms with E-state index in [4.69, 9.17) is 0 Å². The topological polar surface area (TPSA) is 8.17 Å². The van der Waals surface area contributed by atoms with Crippen LogP contribution in [-0.2, 0) is 5.41 Å². The minimum atomic E-state index is 0.273. The van der Waals surface area contributed by atoms with Crippen LogP contribution >= 0.6 is 0 Å². The Labute approximate surface area is 394 Å². The fourth-order valence-electron chi connectivity index (χ4n) is 13.0. The van der Waals surface area contributed by atoms with E-state index >= 15 is 0 Å². The zero-order valence-corrected chi connectivity index (χ0v) is 38.2. The van der Waals surface area contributed by atoms with Gasteiger partial charge in [-0.2, -0.15) is 0 Å². The Morgan fingerprint density at radius 1 is 0.388 bits per heavy atom. The van der Waals surface area contributed by atoms with Gasteiger partial charge in [-0.3, -0.25) is 0 Å². The summed E-state index contributed by atoms with van der Waals surface area (Å²) in [6.45, 7) is 2.62. The highest BCUT2D eigenvalue weighted by atomic mass is 15.1. The van der Waals surface area contributed by atoms with E-state index in [2.05, 4.69) is 241 Å². The van der Waals surface area contributed by atoms with Gasteiger partial charge in [-0.1, -0.05) is 165 Å². The molecule has 9 aromatic carbocycles. The van der Waals surface area contributed by atoms with Gasteiger partial charge in [-0.05, 0) is 178 Å². The lowest BCUT2D eigenvalue weighted by molar-refractivity contribution is -0.0238.